The average molecular weight is 239 g/mol. The van der Waals surface area contributed by atoms with E-state index in [1.807, 2.05) is 13.8 Å². The first-order valence-corrected chi connectivity index (χ1v) is 5.96. The fourth-order valence-electron chi connectivity index (χ4n) is 1.36. The Morgan fingerprint density at radius 3 is 2.94 bits per heavy atom. The molecular weight excluding hydrogens is 218 g/mol. The van der Waals surface area contributed by atoms with Gasteiger partial charge in [-0.15, -0.1) is 0 Å². The van der Waals surface area contributed by atoms with Crippen molar-refractivity contribution < 1.29 is 4.79 Å². The largest absolute Gasteiger partial charge is 0.356 e. The van der Waals surface area contributed by atoms with Crippen molar-refractivity contribution in [2.75, 3.05) is 6.54 Å². The summed E-state index contributed by atoms with van der Waals surface area (Å²) in [4.78, 5) is 15.5. The molecule has 0 aliphatic carbocycles. The van der Waals surface area contributed by atoms with Crippen molar-refractivity contribution in [1.29, 1.82) is 0 Å². The molecule has 17 heavy (non-hydrogen) atoms. The molecule has 1 unspecified atom stereocenters. The highest BCUT2D eigenvalue weighted by atomic mass is 16.1. The molecule has 0 saturated carbocycles. The Labute approximate surface area is 101 Å². The lowest BCUT2D eigenvalue weighted by atomic mass is 10.0. The summed E-state index contributed by atoms with van der Waals surface area (Å²) in [7, 11) is 0. The number of rotatable bonds is 7. The van der Waals surface area contributed by atoms with Crippen molar-refractivity contribution in [3.05, 3.63) is 12.2 Å². The Hall–Kier alpha value is -1.43. The van der Waals surface area contributed by atoms with Gasteiger partial charge in [0, 0.05) is 25.4 Å². The van der Waals surface area contributed by atoms with Gasteiger partial charge in [-0.1, -0.05) is 13.8 Å². The van der Waals surface area contributed by atoms with E-state index >= 15 is 0 Å². The van der Waals surface area contributed by atoms with Crippen LogP contribution in [0, 0.1) is 5.92 Å². The highest BCUT2D eigenvalue weighted by Gasteiger charge is 2.12. The van der Waals surface area contributed by atoms with Crippen LogP contribution in [-0.4, -0.2) is 33.7 Å². The first-order valence-electron chi connectivity index (χ1n) is 5.96. The lowest BCUT2D eigenvalue weighted by Crippen LogP contribution is -2.35. The molecule has 6 heteroatoms. The van der Waals surface area contributed by atoms with Crippen LogP contribution in [0.1, 0.15) is 32.5 Å². The van der Waals surface area contributed by atoms with Crippen LogP contribution < -0.4 is 11.1 Å². The summed E-state index contributed by atoms with van der Waals surface area (Å²) >= 11 is 0. The molecule has 1 aromatic rings. The molecule has 4 N–H and O–H groups in total. The smallest absolute Gasteiger partial charge is 0.221 e. The van der Waals surface area contributed by atoms with Crippen molar-refractivity contribution >= 4 is 5.91 Å². The summed E-state index contributed by atoms with van der Waals surface area (Å²) in [5, 5.41) is 9.38. The highest BCUT2D eigenvalue weighted by molar-refractivity contribution is 5.76. The monoisotopic (exact) mass is 239 g/mol. The minimum atomic E-state index is -0.0655. The van der Waals surface area contributed by atoms with Crippen LogP contribution in [0.3, 0.4) is 0 Å². The second kappa shape index (κ2) is 7.01. The van der Waals surface area contributed by atoms with Crippen molar-refractivity contribution in [2.24, 2.45) is 11.7 Å². The fourth-order valence-corrected chi connectivity index (χ4v) is 1.36. The van der Waals surface area contributed by atoms with Gasteiger partial charge in [0.05, 0.1) is 0 Å². The maximum atomic E-state index is 11.5. The Kier molecular flexibility index (Phi) is 5.62. The van der Waals surface area contributed by atoms with Crippen molar-refractivity contribution in [3.8, 4) is 0 Å². The van der Waals surface area contributed by atoms with Crippen LogP contribution in [0.25, 0.3) is 0 Å². The zero-order valence-electron chi connectivity index (χ0n) is 10.4. The van der Waals surface area contributed by atoms with Gasteiger partial charge in [-0.25, -0.2) is 4.98 Å². The number of aromatic nitrogens is 3. The molecule has 0 bridgehead atoms. The SMILES string of the molecule is CC(C)C(N)CC(=O)NCCCc1ncn[nH]1. The van der Waals surface area contributed by atoms with Gasteiger partial charge in [-0.2, -0.15) is 5.10 Å². The van der Waals surface area contributed by atoms with Gasteiger partial charge in [0.1, 0.15) is 12.2 Å². The molecule has 0 aliphatic rings. The summed E-state index contributed by atoms with van der Waals surface area (Å²) in [6, 6.07) is -0.0655. The molecule has 1 aromatic heterocycles. The molecule has 96 valence electrons. The normalized spacial score (nSPS) is 12.7. The van der Waals surface area contributed by atoms with E-state index in [1.54, 1.807) is 0 Å². The number of nitrogens with one attached hydrogen (secondary N) is 2. The molecule has 1 amide bonds. The highest BCUT2D eigenvalue weighted by Crippen LogP contribution is 2.02. The van der Waals surface area contributed by atoms with Crippen molar-refractivity contribution in [3.63, 3.8) is 0 Å². The molecule has 0 saturated heterocycles. The quantitative estimate of drug-likeness (QED) is 0.593. The fraction of sp³-hybridized carbons (Fsp3) is 0.727. The van der Waals surface area contributed by atoms with Crippen LogP contribution in [0.15, 0.2) is 6.33 Å². The minimum Gasteiger partial charge on any atom is -0.356 e. The Morgan fingerprint density at radius 2 is 2.35 bits per heavy atom. The maximum absolute atomic E-state index is 11.5. The van der Waals surface area contributed by atoms with Gasteiger partial charge in [0.25, 0.3) is 0 Å². The molecule has 1 rings (SSSR count). The van der Waals surface area contributed by atoms with Crippen molar-refractivity contribution in [1.82, 2.24) is 20.5 Å². The van der Waals surface area contributed by atoms with E-state index in [1.165, 1.54) is 6.33 Å². The van der Waals surface area contributed by atoms with E-state index in [-0.39, 0.29) is 11.9 Å². The predicted molar refractivity (Wildman–Crippen MR) is 65.1 cm³/mol. The summed E-state index contributed by atoms with van der Waals surface area (Å²) in [5.74, 6) is 1.19. The van der Waals surface area contributed by atoms with E-state index in [0.29, 0.717) is 18.9 Å². The number of H-pyrrole nitrogens is 1. The lowest BCUT2D eigenvalue weighted by molar-refractivity contribution is -0.121. The molecule has 0 radical (unpaired) electrons. The summed E-state index contributed by atoms with van der Waals surface area (Å²) in [5.41, 5.74) is 5.81. The summed E-state index contributed by atoms with van der Waals surface area (Å²) in [6.45, 7) is 4.67. The van der Waals surface area contributed by atoms with Crippen LogP contribution in [0.5, 0.6) is 0 Å². The maximum Gasteiger partial charge on any atom is 0.221 e. The van der Waals surface area contributed by atoms with Gasteiger partial charge < -0.3 is 11.1 Å². The average Bonchev–Trinajstić information content (AvgIpc) is 2.77. The minimum absolute atomic E-state index is 0.0174. The van der Waals surface area contributed by atoms with E-state index in [2.05, 4.69) is 20.5 Å². The summed E-state index contributed by atoms with van der Waals surface area (Å²) < 4.78 is 0. The Balaban J connectivity index is 2.08. The first-order chi connectivity index (χ1) is 8.09. The van der Waals surface area contributed by atoms with Crippen LogP contribution in [0.2, 0.25) is 0 Å². The number of amides is 1. The number of nitrogens with zero attached hydrogens (tertiary/aromatic N) is 2. The van der Waals surface area contributed by atoms with Gasteiger partial charge >= 0.3 is 0 Å². The second-order valence-electron chi connectivity index (χ2n) is 4.50. The third-order valence-corrected chi connectivity index (χ3v) is 2.65. The number of hydrogen-bond donors (Lipinski definition) is 3. The molecule has 0 aliphatic heterocycles. The van der Waals surface area contributed by atoms with Crippen LogP contribution in [0.4, 0.5) is 0 Å². The number of carbonyl (C=O) groups is 1. The van der Waals surface area contributed by atoms with Gasteiger partial charge in [-0.05, 0) is 12.3 Å². The molecule has 1 heterocycles. The molecule has 0 fully saturated rings. The first kappa shape index (κ1) is 13.6. The molecular formula is C11H21N5O. The topological polar surface area (TPSA) is 96.7 Å². The van der Waals surface area contributed by atoms with Gasteiger partial charge in [-0.3, -0.25) is 9.89 Å². The van der Waals surface area contributed by atoms with E-state index in [0.717, 1.165) is 18.7 Å². The third kappa shape index (κ3) is 5.44. The molecule has 0 aromatic carbocycles. The predicted octanol–water partition coefficient (Wildman–Crippen LogP) is 0.227. The zero-order valence-corrected chi connectivity index (χ0v) is 10.4. The molecule has 6 nitrogen and oxygen atoms in total. The summed E-state index contributed by atoms with van der Waals surface area (Å²) in [6.07, 6.45) is 3.50. The van der Waals surface area contributed by atoms with Gasteiger partial charge in [0.2, 0.25) is 5.91 Å². The molecule has 0 spiro atoms. The number of carbonyl (C=O) groups excluding carboxylic acids is 1. The Bertz CT molecular complexity index is 323. The Morgan fingerprint density at radius 1 is 1.59 bits per heavy atom. The third-order valence-electron chi connectivity index (χ3n) is 2.65. The van der Waals surface area contributed by atoms with E-state index < -0.39 is 0 Å². The van der Waals surface area contributed by atoms with E-state index in [4.69, 9.17) is 5.73 Å². The van der Waals surface area contributed by atoms with E-state index in [9.17, 15) is 4.79 Å². The van der Waals surface area contributed by atoms with Crippen LogP contribution in [-0.2, 0) is 11.2 Å². The van der Waals surface area contributed by atoms with Gasteiger partial charge in [0.15, 0.2) is 0 Å². The molecule has 1 atom stereocenters. The number of nitrogens with two attached hydrogens (primary N) is 1. The standard InChI is InChI=1S/C11H21N5O/c1-8(2)9(12)6-11(17)13-5-3-4-10-14-7-15-16-10/h7-9H,3-6,12H2,1-2H3,(H,13,17)(H,14,15,16). The lowest BCUT2D eigenvalue weighted by Gasteiger charge is -2.14. The number of aromatic amines is 1. The zero-order chi connectivity index (χ0) is 12.7. The number of aryl methyl sites for hydroxylation is 1. The second-order valence-corrected chi connectivity index (χ2v) is 4.50. The van der Waals surface area contributed by atoms with Crippen LogP contribution >= 0.6 is 0 Å². The van der Waals surface area contributed by atoms with Crippen molar-refractivity contribution in [2.45, 2.75) is 39.2 Å². The number of hydrogen-bond acceptors (Lipinski definition) is 4.